The average molecular weight is 412 g/mol. The van der Waals surface area contributed by atoms with Gasteiger partial charge in [-0.2, -0.15) is 18.4 Å². The van der Waals surface area contributed by atoms with Crippen molar-refractivity contribution in [3.63, 3.8) is 0 Å². The molecule has 0 saturated carbocycles. The molecule has 0 bridgehead atoms. The summed E-state index contributed by atoms with van der Waals surface area (Å²) in [7, 11) is 0. The Kier molecular flexibility index (Phi) is 5.25. The van der Waals surface area contributed by atoms with Crippen molar-refractivity contribution in [3.05, 3.63) is 52.7 Å². The molecule has 2 heterocycles. The number of alkyl halides is 3. The second kappa shape index (κ2) is 7.46. The molecule has 0 fully saturated rings. The van der Waals surface area contributed by atoms with E-state index in [0.717, 1.165) is 28.4 Å². The molecule has 0 aliphatic rings. The van der Waals surface area contributed by atoms with E-state index in [-0.39, 0.29) is 21.6 Å². The number of thioether (sulfide) groups is 1. The topological polar surface area (TPSA) is 83.1 Å². The van der Waals surface area contributed by atoms with Gasteiger partial charge in [-0.3, -0.25) is 9.20 Å². The van der Waals surface area contributed by atoms with Gasteiger partial charge in [-0.05, 0) is 18.2 Å². The Balaban J connectivity index is 1.78. The molecule has 1 amide bonds. The number of carbonyl (C=O) groups excluding carboxylic acids is 1. The summed E-state index contributed by atoms with van der Waals surface area (Å²) in [5.41, 5.74) is -0.249. The fraction of sp³-hybridized carbons (Fsp3) is 0.125. The Morgan fingerprint density at radius 2 is 2.07 bits per heavy atom. The summed E-state index contributed by atoms with van der Waals surface area (Å²) in [5.74, 6) is -0.591. The highest BCUT2D eigenvalue weighted by atomic mass is 35.5. The van der Waals surface area contributed by atoms with Gasteiger partial charge in [0.1, 0.15) is 6.07 Å². The van der Waals surface area contributed by atoms with E-state index in [4.69, 9.17) is 16.9 Å². The van der Waals surface area contributed by atoms with Gasteiger partial charge in [-0.15, -0.1) is 10.2 Å². The maximum absolute atomic E-state index is 13.0. The lowest BCUT2D eigenvalue weighted by molar-refractivity contribution is -0.137. The number of halogens is 4. The van der Waals surface area contributed by atoms with Crippen molar-refractivity contribution in [2.24, 2.45) is 0 Å². The van der Waals surface area contributed by atoms with Gasteiger partial charge in [0.25, 0.3) is 0 Å². The first-order chi connectivity index (χ1) is 12.8. The monoisotopic (exact) mass is 411 g/mol. The summed E-state index contributed by atoms with van der Waals surface area (Å²) in [6.45, 7) is 0. The number of aromatic nitrogens is 3. The van der Waals surface area contributed by atoms with E-state index < -0.39 is 17.6 Å². The Hall–Kier alpha value is -2.77. The summed E-state index contributed by atoms with van der Waals surface area (Å²) < 4.78 is 39.9. The molecule has 0 spiro atoms. The summed E-state index contributed by atoms with van der Waals surface area (Å²) in [5, 5.41) is 19.0. The van der Waals surface area contributed by atoms with Crippen molar-refractivity contribution < 1.29 is 18.0 Å². The van der Waals surface area contributed by atoms with Crippen LogP contribution in [-0.4, -0.2) is 26.3 Å². The SMILES string of the molecule is N#Cc1ccccc1NC(=O)CSc1nnc2c(Cl)cc(C(F)(F)F)cn12. The minimum Gasteiger partial charge on any atom is -0.324 e. The molecular formula is C16H9ClF3N5OS. The highest BCUT2D eigenvalue weighted by Gasteiger charge is 2.32. The number of pyridine rings is 1. The Morgan fingerprint density at radius 3 is 2.78 bits per heavy atom. The Bertz CT molecular complexity index is 1060. The standard InChI is InChI=1S/C16H9ClF3N5OS/c17-11-5-10(16(18,19)20)7-25-14(11)23-24-15(25)27-8-13(26)22-12-4-2-1-3-9(12)6-21/h1-5,7H,8H2,(H,22,26). The van der Waals surface area contributed by atoms with Crippen molar-refractivity contribution >= 4 is 40.6 Å². The Morgan fingerprint density at radius 1 is 1.33 bits per heavy atom. The lowest BCUT2D eigenvalue weighted by Gasteiger charge is -2.09. The van der Waals surface area contributed by atoms with Crippen LogP contribution < -0.4 is 5.32 Å². The lowest BCUT2D eigenvalue weighted by atomic mass is 10.2. The zero-order valence-electron chi connectivity index (χ0n) is 13.3. The molecular weight excluding hydrogens is 403 g/mol. The predicted octanol–water partition coefficient (Wildman–Crippen LogP) is 4.00. The second-order valence-electron chi connectivity index (χ2n) is 5.24. The molecule has 3 rings (SSSR count). The maximum atomic E-state index is 13.0. The maximum Gasteiger partial charge on any atom is 0.417 e. The third-order valence-corrected chi connectivity index (χ3v) is 4.63. The van der Waals surface area contributed by atoms with Crippen LogP contribution in [-0.2, 0) is 11.0 Å². The van der Waals surface area contributed by atoms with Gasteiger partial charge >= 0.3 is 6.18 Å². The predicted molar refractivity (Wildman–Crippen MR) is 93.5 cm³/mol. The molecule has 2 aromatic heterocycles. The molecule has 1 N–H and O–H groups in total. The van der Waals surface area contributed by atoms with Gasteiger partial charge in [-0.25, -0.2) is 0 Å². The lowest BCUT2D eigenvalue weighted by Crippen LogP contribution is -2.15. The molecule has 138 valence electrons. The van der Waals surface area contributed by atoms with Crippen molar-refractivity contribution in [2.75, 3.05) is 11.1 Å². The number of rotatable bonds is 4. The van der Waals surface area contributed by atoms with Gasteiger partial charge in [-0.1, -0.05) is 35.5 Å². The first kappa shape index (κ1) is 19.0. The first-order valence-corrected chi connectivity index (χ1v) is 8.69. The molecule has 0 aliphatic heterocycles. The molecule has 1 aromatic carbocycles. The van der Waals surface area contributed by atoms with E-state index in [1.165, 1.54) is 0 Å². The number of fused-ring (bicyclic) bond motifs is 1. The fourth-order valence-corrected chi connectivity index (χ4v) is 3.15. The summed E-state index contributed by atoms with van der Waals surface area (Å²) in [6.07, 6.45) is -3.76. The van der Waals surface area contributed by atoms with Crippen LogP contribution in [0.25, 0.3) is 5.65 Å². The van der Waals surface area contributed by atoms with Crippen LogP contribution in [0.2, 0.25) is 5.02 Å². The van der Waals surface area contributed by atoms with Crippen LogP contribution in [0.4, 0.5) is 18.9 Å². The number of hydrogen-bond donors (Lipinski definition) is 1. The molecule has 0 radical (unpaired) electrons. The Labute approximate surface area is 160 Å². The fourth-order valence-electron chi connectivity index (χ4n) is 2.19. The minimum atomic E-state index is -4.58. The average Bonchev–Trinajstić information content (AvgIpc) is 3.03. The zero-order valence-corrected chi connectivity index (χ0v) is 14.9. The summed E-state index contributed by atoms with van der Waals surface area (Å²) in [6, 6.07) is 9.17. The molecule has 0 unspecified atom stereocenters. The number of nitriles is 1. The molecule has 6 nitrogen and oxygen atoms in total. The van der Waals surface area contributed by atoms with Gasteiger partial charge in [0.05, 0.1) is 27.6 Å². The molecule has 27 heavy (non-hydrogen) atoms. The normalized spacial score (nSPS) is 11.4. The van der Waals surface area contributed by atoms with Crippen LogP contribution in [0.1, 0.15) is 11.1 Å². The number of hydrogen-bond acceptors (Lipinski definition) is 5. The van der Waals surface area contributed by atoms with E-state index in [2.05, 4.69) is 15.5 Å². The van der Waals surface area contributed by atoms with E-state index in [1.54, 1.807) is 24.3 Å². The number of nitrogens with one attached hydrogen (secondary N) is 1. The molecule has 0 saturated heterocycles. The number of nitrogens with zero attached hydrogens (tertiary/aromatic N) is 4. The largest absolute Gasteiger partial charge is 0.417 e. The summed E-state index contributed by atoms with van der Waals surface area (Å²) in [4.78, 5) is 12.1. The quantitative estimate of drug-likeness (QED) is 0.656. The highest BCUT2D eigenvalue weighted by molar-refractivity contribution is 7.99. The number of carbonyl (C=O) groups is 1. The third-order valence-electron chi connectivity index (χ3n) is 3.41. The third kappa shape index (κ3) is 4.15. The van der Waals surface area contributed by atoms with E-state index in [1.807, 2.05) is 6.07 Å². The minimum absolute atomic E-state index is 0.0578. The van der Waals surface area contributed by atoms with Gasteiger partial charge in [0, 0.05) is 6.20 Å². The van der Waals surface area contributed by atoms with Gasteiger partial charge in [0.15, 0.2) is 10.8 Å². The second-order valence-corrected chi connectivity index (χ2v) is 6.59. The van der Waals surface area contributed by atoms with Crippen LogP contribution in [0, 0.1) is 11.3 Å². The number of para-hydroxylation sites is 1. The van der Waals surface area contributed by atoms with Crippen molar-refractivity contribution in [2.45, 2.75) is 11.3 Å². The molecule has 3 aromatic rings. The van der Waals surface area contributed by atoms with Crippen molar-refractivity contribution in [1.29, 1.82) is 5.26 Å². The van der Waals surface area contributed by atoms with Crippen LogP contribution in [0.3, 0.4) is 0 Å². The van der Waals surface area contributed by atoms with Crippen LogP contribution in [0.15, 0.2) is 41.7 Å². The van der Waals surface area contributed by atoms with Crippen molar-refractivity contribution in [1.82, 2.24) is 14.6 Å². The van der Waals surface area contributed by atoms with E-state index >= 15 is 0 Å². The smallest absolute Gasteiger partial charge is 0.324 e. The summed E-state index contributed by atoms with van der Waals surface area (Å²) >= 11 is 6.74. The number of amides is 1. The van der Waals surface area contributed by atoms with Crippen molar-refractivity contribution in [3.8, 4) is 6.07 Å². The first-order valence-electron chi connectivity index (χ1n) is 7.33. The van der Waals surface area contributed by atoms with E-state index in [9.17, 15) is 18.0 Å². The van der Waals surface area contributed by atoms with Crippen LogP contribution >= 0.6 is 23.4 Å². The number of anilines is 1. The highest BCUT2D eigenvalue weighted by Crippen LogP contribution is 2.33. The molecule has 0 atom stereocenters. The van der Waals surface area contributed by atoms with E-state index in [0.29, 0.717) is 11.3 Å². The zero-order chi connectivity index (χ0) is 19.6. The number of benzene rings is 1. The molecule has 11 heteroatoms. The molecule has 0 aliphatic carbocycles. The van der Waals surface area contributed by atoms with Crippen LogP contribution in [0.5, 0.6) is 0 Å². The van der Waals surface area contributed by atoms with Gasteiger partial charge < -0.3 is 5.32 Å². The van der Waals surface area contributed by atoms with Gasteiger partial charge in [0.2, 0.25) is 5.91 Å².